The Morgan fingerprint density at radius 3 is 2.52 bits per heavy atom. The van der Waals surface area contributed by atoms with Crippen molar-refractivity contribution in [3.8, 4) is 0 Å². The van der Waals surface area contributed by atoms with Crippen LogP contribution in [0.4, 0.5) is 0 Å². The number of carbonyl (C=O) groups is 2. The van der Waals surface area contributed by atoms with Gasteiger partial charge < -0.3 is 29.5 Å². The number of aromatic nitrogens is 1. The lowest BCUT2D eigenvalue weighted by Gasteiger charge is -2.33. The van der Waals surface area contributed by atoms with Crippen molar-refractivity contribution in [1.82, 2.24) is 14.8 Å². The SMILES string of the molecule is CC(=O)N1CCN(C(=O)c2ccncc2)CCCCOC[C@@H](O)[C@@H](O)[C@H](OCCC(C)C)C1. The van der Waals surface area contributed by atoms with E-state index < -0.39 is 18.3 Å². The van der Waals surface area contributed by atoms with Crippen LogP contribution in [0.15, 0.2) is 24.5 Å². The fourth-order valence-electron chi connectivity index (χ4n) is 3.60. The minimum atomic E-state index is -1.20. The number of pyridine rings is 1. The number of nitrogens with zero attached hydrogens (tertiary/aromatic N) is 3. The molecule has 2 amide bonds. The molecule has 1 aliphatic rings. The van der Waals surface area contributed by atoms with Gasteiger partial charge >= 0.3 is 0 Å². The van der Waals surface area contributed by atoms with E-state index in [1.165, 1.54) is 6.92 Å². The molecule has 1 aromatic heterocycles. The van der Waals surface area contributed by atoms with Crippen molar-refractivity contribution in [3.63, 3.8) is 0 Å². The van der Waals surface area contributed by atoms with Crippen molar-refractivity contribution >= 4 is 11.8 Å². The van der Waals surface area contributed by atoms with Gasteiger partial charge in [-0.15, -0.1) is 0 Å². The summed E-state index contributed by atoms with van der Waals surface area (Å²) in [5, 5.41) is 21.2. The average molecular weight is 466 g/mol. The van der Waals surface area contributed by atoms with Crippen LogP contribution in [0.5, 0.6) is 0 Å². The molecule has 2 heterocycles. The normalized spacial score (nSPS) is 23.9. The van der Waals surface area contributed by atoms with Crippen molar-refractivity contribution < 1.29 is 29.3 Å². The van der Waals surface area contributed by atoms with Crippen LogP contribution in [0.25, 0.3) is 0 Å². The van der Waals surface area contributed by atoms with Crippen LogP contribution in [0.1, 0.15) is 50.4 Å². The molecule has 33 heavy (non-hydrogen) atoms. The molecular weight excluding hydrogens is 426 g/mol. The van der Waals surface area contributed by atoms with Gasteiger partial charge in [-0.05, 0) is 37.3 Å². The maximum Gasteiger partial charge on any atom is 0.254 e. The molecule has 0 bridgehead atoms. The third-order valence-electron chi connectivity index (χ3n) is 5.76. The van der Waals surface area contributed by atoms with Crippen molar-refractivity contribution in [3.05, 3.63) is 30.1 Å². The monoisotopic (exact) mass is 465 g/mol. The zero-order valence-corrected chi connectivity index (χ0v) is 20.1. The van der Waals surface area contributed by atoms with Gasteiger partial charge in [-0.25, -0.2) is 0 Å². The van der Waals surface area contributed by atoms with E-state index in [2.05, 4.69) is 18.8 Å². The van der Waals surface area contributed by atoms with E-state index in [0.717, 1.165) is 12.8 Å². The van der Waals surface area contributed by atoms with Crippen LogP contribution < -0.4 is 0 Å². The van der Waals surface area contributed by atoms with Gasteiger partial charge in [0, 0.05) is 64.3 Å². The minimum Gasteiger partial charge on any atom is -0.388 e. The molecular formula is C24H39N3O6. The standard InChI is InChI=1S/C24H39N3O6/c1-18(2)8-15-33-22-16-27(19(3)28)13-12-26(24(31)20-6-9-25-10-7-20)11-4-5-14-32-17-21(29)23(22)30/h6-7,9-10,18,21-23,29-30H,4-5,8,11-17H2,1-3H3/t21-,22-,23-/m1/s1. The van der Waals surface area contributed by atoms with Gasteiger partial charge in [0.1, 0.15) is 18.3 Å². The lowest BCUT2D eigenvalue weighted by molar-refractivity contribution is -0.140. The maximum atomic E-state index is 13.0. The van der Waals surface area contributed by atoms with Crippen LogP contribution in [0, 0.1) is 5.92 Å². The number of aliphatic hydroxyl groups is 2. The van der Waals surface area contributed by atoms with Gasteiger partial charge in [0.25, 0.3) is 5.91 Å². The Morgan fingerprint density at radius 1 is 1.15 bits per heavy atom. The lowest BCUT2D eigenvalue weighted by Crippen LogP contribution is -2.50. The predicted octanol–water partition coefficient (Wildman–Crippen LogP) is 1.34. The molecule has 2 rings (SSSR count). The molecule has 0 radical (unpaired) electrons. The van der Waals surface area contributed by atoms with Crippen molar-refractivity contribution in [2.45, 2.75) is 58.3 Å². The van der Waals surface area contributed by atoms with Crippen LogP contribution >= 0.6 is 0 Å². The molecule has 0 unspecified atom stereocenters. The number of hydrogen-bond donors (Lipinski definition) is 2. The van der Waals surface area contributed by atoms with E-state index in [-0.39, 0.29) is 25.0 Å². The van der Waals surface area contributed by atoms with Gasteiger partial charge in [0.05, 0.1) is 6.61 Å². The highest BCUT2D eigenvalue weighted by Gasteiger charge is 2.30. The highest BCUT2D eigenvalue weighted by Crippen LogP contribution is 2.13. The molecule has 9 heteroatoms. The van der Waals surface area contributed by atoms with E-state index in [4.69, 9.17) is 9.47 Å². The first-order valence-corrected chi connectivity index (χ1v) is 11.8. The van der Waals surface area contributed by atoms with Gasteiger partial charge in [-0.2, -0.15) is 0 Å². The molecule has 1 aromatic rings. The van der Waals surface area contributed by atoms with Gasteiger partial charge in [-0.1, -0.05) is 13.8 Å². The Kier molecular flexibility index (Phi) is 11.7. The Hall–Kier alpha value is -2.07. The first-order valence-electron chi connectivity index (χ1n) is 11.8. The molecule has 3 atom stereocenters. The number of rotatable bonds is 5. The van der Waals surface area contributed by atoms with E-state index >= 15 is 0 Å². The zero-order valence-electron chi connectivity index (χ0n) is 20.1. The smallest absolute Gasteiger partial charge is 0.254 e. The number of ether oxygens (including phenoxy) is 2. The van der Waals surface area contributed by atoms with Gasteiger partial charge in [0.15, 0.2) is 0 Å². The number of amides is 2. The van der Waals surface area contributed by atoms with Gasteiger partial charge in [-0.3, -0.25) is 14.6 Å². The van der Waals surface area contributed by atoms with Crippen LogP contribution in [-0.4, -0.2) is 101 Å². The second kappa shape index (κ2) is 14.2. The topological polar surface area (TPSA) is 112 Å². The molecule has 0 spiro atoms. The fraction of sp³-hybridized carbons (Fsp3) is 0.708. The molecule has 2 N–H and O–H groups in total. The maximum absolute atomic E-state index is 13.0. The predicted molar refractivity (Wildman–Crippen MR) is 124 cm³/mol. The van der Waals surface area contributed by atoms with Crippen LogP contribution in [0.3, 0.4) is 0 Å². The molecule has 0 aliphatic carbocycles. The largest absolute Gasteiger partial charge is 0.388 e. The third kappa shape index (κ3) is 9.37. The lowest BCUT2D eigenvalue weighted by atomic mass is 10.1. The van der Waals surface area contributed by atoms with E-state index in [9.17, 15) is 19.8 Å². The van der Waals surface area contributed by atoms with Crippen LogP contribution in [0.2, 0.25) is 0 Å². The highest BCUT2D eigenvalue weighted by molar-refractivity contribution is 5.94. The first-order chi connectivity index (χ1) is 15.8. The Balaban J connectivity index is 2.17. The average Bonchev–Trinajstić information content (AvgIpc) is 2.79. The second-order valence-electron chi connectivity index (χ2n) is 8.92. The van der Waals surface area contributed by atoms with Crippen LogP contribution in [-0.2, 0) is 14.3 Å². The molecule has 0 aromatic carbocycles. The summed E-state index contributed by atoms with van der Waals surface area (Å²) in [6, 6.07) is 3.35. The molecule has 9 nitrogen and oxygen atoms in total. The molecule has 186 valence electrons. The molecule has 1 saturated heterocycles. The summed E-state index contributed by atoms with van der Waals surface area (Å²) in [6.07, 6.45) is 2.30. The molecule has 1 aliphatic heterocycles. The Bertz CT molecular complexity index is 717. The minimum absolute atomic E-state index is 0.0229. The van der Waals surface area contributed by atoms with Crippen molar-refractivity contribution in [2.24, 2.45) is 5.92 Å². The summed E-state index contributed by atoms with van der Waals surface area (Å²) in [5.74, 6) is 0.119. The number of aliphatic hydroxyl groups excluding tert-OH is 2. The quantitative estimate of drug-likeness (QED) is 0.675. The number of carbonyl (C=O) groups excluding carboxylic acids is 2. The molecule has 0 saturated carbocycles. The Morgan fingerprint density at radius 2 is 1.85 bits per heavy atom. The summed E-state index contributed by atoms with van der Waals surface area (Å²) in [5.41, 5.74) is 0.546. The first kappa shape index (κ1) is 27.2. The van der Waals surface area contributed by atoms with Crippen molar-refractivity contribution in [2.75, 3.05) is 46.0 Å². The van der Waals surface area contributed by atoms with E-state index in [0.29, 0.717) is 50.8 Å². The summed E-state index contributed by atoms with van der Waals surface area (Å²) in [4.78, 5) is 32.7. The summed E-state index contributed by atoms with van der Waals surface area (Å²) >= 11 is 0. The zero-order chi connectivity index (χ0) is 24.2. The summed E-state index contributed by atoms with van der Waals surface area (Å²) < 4.78 is 11.5. The van der Waals surface area contributed by atoms with E-state index in [1.54, 1.807) is 34.3 Å². The third-order valence-corrected chi connectivity index (χ3v) is 5.76. The second-order valence-corrected chi connectivity index (χ2v) is 8.92. The fourth-order valence-corrected chi connectivity index (χ4v) is 3.60. The molecule has 1 fully saturated rings. The summed E-state index contributed by atoms with van der Waals surface area (Å²) in [6.45, 7) is 7.69. The highest BCUT2D eigenvalue weighted by atomic mass is 16.5. The summed E-state index contributed by atoms with van der Waals surface area (Å²) in [7, 11) is 0. The van der Waals surface area contributed by atoms with E-state index in [1.807, 2.05) is 0 Å². The Labute approximate surface area is 196 Å². The number of hydrogen-bond acceptors (Lipinski definition) is 7. The van der Waals surface area contributed by atoms with Crippen molar-refractivity contribution in [1.29, 1.82) is 0 Å². The van der Waals surface area contributed by atoms with Gasteiger partial charge in [0.2, 0.25) is 5.91 Å².